The van der Waals surface area contributed by atoms with Crippen molar-refractivity contribution < 1.29 is 0 Å². The molecule has 2 N–H and O–H groups in total. The van der Waals surface area contributed by atoms with Gasteiger partial charge in [0.2, 0.25) is 0 Å². The minimum absolute atomic E-state index is 0.218. The second-order valence-corrected chi connectivity index (χ2v) is 6.13. The Hall–Kier alpha value is -1.12. The Morgan fingerprint density at radius 2 is 1.89 bits per heavy atom. The third-order valence-electron chi connectivity index (χ3n) is 2.90. The first-order valence-electron chi connectivity index (χ1n) is 6.11. The van der Waals surface area contributed by atoms with Gasteiger partial charge in [0.25, 0.3) is 0 Å². The average Bonchev–Trinajstić information content (AvgIpc) is 2.17. The van der Waals surface area contributed by atoms with E-state index in [1.807, 2.05) is 26.8 Å². The zero-order valence-electron chi connectivity index (χ0n) is 11.3. The quantitative estimate of drug-likeness (QED) is 0.894. The Balaban J connectivity index is 2.62. The highest BCUT2D eigenvalue weighted by molar-refractivity contribution is 6.35. The van der Waals surface area contributed by atoms with Crippen LogP contribution < -0.4 is 5.73 Å². The number of hydrogen-bond acceptors (Lipinski definition) is 2. The SMILES string of the molecule is Cc1cc(Cl)c2cc(CC(C)(C)N)cc(C)c2n1. The highest BCUT2D eigenvalue weighted by Gasteiger charge is 2.14. The van der Waals surface area contributed by atoms with Crippen molar-refractivity contribution >= 4 is 22.5 Å². The summed E-state index contributed by atoms with van der Waals surface area (Å²) in [5.74, 6) is 0. The van der Waals surface area contributed by atoms with Gasteiger partial charge in [0.15, 0.2) is 0 Å². The van der Waals surface area contributed by atoms with Crippen molar-refractivity contribution in [2.75, 3.05) is 0 Å². The van der Waals surface area contributed by atoms with Crippen LogP contribution in [0.15, 0.2) is 18.2 Å². The molecule has 1 heterocycles. The minimum atomic E-state index is -0.218. The molecule has 18 heavy (non-hydrogen) atoms. The summed E-state index contributed by atoms with van der Waals surface area (Å²) in [4.78, 5) is 4.56. The van der Waals surface area contributed by atoms with E-state index in [0.717, 1.165) is 33.6 Å². The number of benzene rings is 1. The standard InChI is InChI=1S/C15H19ClN2/c1-9-5-11(8-15(3,4)17)7-12-13(16)6-10(2)18-14(9)12/h5-7H,8,17H2,1-4H3. The van der Waals surface area contributed by atoms with Gasteiger partial charge < -0.3 is 5.73 Å². The van der Waals surface area contributed by atoms with Crippen molar-refractivity contribution in [1.82, 2.24) is 4.98 Å². The fourth-order valence-electron chi connectivity index (χ4n) is 2.28. The number of nitrogens with zero attached hydrogens (tertiary/aromatic N) is 1. The van der Waals surface area contributed by atoms with Crippen molar-refractivity contribution in [3.8, 4) is 0 Å². The molecule has 0 fully saturated rings. The number of pyridine rings is 1. The molecule has 96 valence electrons. The molecule has 0 unspecified atom stereocenters. The number of aryl methyl sites for hydroxylation is 2. The molecule has 0 aliphatic carbocycles. The van der Waals surface area contributed by atoms with Crippen LogP contribution in [-0.2, 0) is 6.42 Å². The first-order valence-corrected chi connectivity index (χ1v) is 6.49. The Morgan fingerprint density at radius 3 is 2.50 bits per heavy atom. The van der Waals surface area contributed by atoms with E-state index in [1.54, 1.807) is 0 Å². The highest BCUT2D eigenvalue weighted by Crippen LogP contribution is 2.27. The van der Waals surface area contributed by atoms with E-state index in [2.05, 4.69) is 24.0 Å². The van der Waals surface area contributed by atoms with Gasteiger partial charge in [-0.15, -0.1) is 0 Å². The highest BCUT2D eigenvalue weighted by atomic mass is 35.5. The molecular weight excluding hydrogens is 244 g/mol. The Morgan fingerprint density at radius 1 is 1.22 bits per heavy atom. The summed E-state index contributed by atoms with van der Waals surface area (Å²) in [5.41, 5.74) is 10.1. The number of fused-ring (bicyclic) bond motifs is 1. The van der Waals surface area contributed by atoms with Crippen LogP contribution in [0, 0.1) is 13.8 Å². The molecule has 2 aromatic rings. The van der Waals surface area contributed by atoms with Gasteiger partial charge in [0.1, 0.15) is 0 Å². The average molecular weight is 263 g/mol. The molecule has 0 aliphatic rings. The molecule has 0 amide bonds. The summed E-state index contributed by atoms with van der Waals surface area (Å²) in [5, 5.41) is 1.78. The number of hydrogen-bond donors (Lipinski definition) is 1. The fraction of sp³-hybridized carbons (Fsp3) is 0.400. The monoisotopic (exact) mass is 262 g/mol. The fourth-order valence-corrected chi connectivity index (χ4v) is 2.58. The maximum absolute atomic E-state index is 6.31. The maximum atomic E-state index is 6.31. The molecule has 2 nitrogen and oxygen atoms in total. The summed E-state index contributed by atoms with van der Waals surface area (Å²) < 4.78 is 0. The first-order chi connectivity index (χ1) is 8.26. The maximum Gasteiger partial charge on any atom is 0.0749 e. The predicted octanol–water partition coefficient (Wildman–Crippen LogP) is 3.78. The van der Waals surface area contributed by atoms with Crippen molar-refractivity contribution in [3.05, 3.63) is 40.0 Å². The Bertz CT molecular complexity index is 597. The van der Waals surface area contributed by atoms with Crippen LogP contribution in [0.3, 0.4) is 0 Å². The molecule has 1 aromatic carbocycles. The van der Waals surface area contributed by atoms with Crippen LogP contribution in [0.1, 0.15) is 30.7 Å². The summed E-state index contributed by atoms with van der Waals surface area (Å²) >= 11 is 6.31. The van der Waals surface area contributed by atoms with Gasteiger partial charge in [-0.2, -0.15) is 0 Å². The lowest BCUT2D eigenvalue weighted by Gasteiger charge is -2.19. The third-order valence-corrected chi connectivity index (χ3v) is 3.21. The van der Waals surface area contributed by atoms with E-state index >= 15 is 0 Å². The predicted molar refractivity (Wildman–Crippen MR) is 78.2 cm³/mol. The van der Waals surface area contributed by atoms with Gasteiger partial charge in [-0.1, -0.05) is 17.7 Å². The second-order valence-electron chi connectivity index (χ2n) is 5.72. The van der Waals surface area contributed by atoms with Crippen molar-refractivity contribution in [2.45, 2.75) is 39.7 Å². The summed E-state index contributed by atoms with van der Waals surface area (Å²) in [6.07, 6.45) is 0.827. The Labute approximate surface area is 113 Å². The van der Waals surface area contributed by atoms with Gasteiger partial charge in [-0.05, 0) is 57.4 Å². The number of halogens is 1. The van der Waals surface area contributed by atoms with Gasteiger partial charge >= 0.3 is 0 Å². The van der Waals surface area contributed by atoms with E-state index in [0.29, 0.717) is 0 Å². The number of aromatic nitrogens is 1. The lowest BCUT2D eigenvalue weighted by Crippen LogP contribution is -2.34. The zero-order chi connectivity index (χ0) is 13.5. The summed E-state index contributed by atoms with van der Waals surface area (Å²) in [7, 11) is 0. The normalized spacial score (nSPS) is 12.1. The molecule has 0 radical (unpaired) electrons. The summed E-state index contributed by atoms with van der Waals surface area (Å²) in [6.45, 7) is 8.09. The van der Waals surface area contributed by atoms with Crippen LogP contribution in [0.5, 0.6) is 0 Å². The number of nitrogens with two attached hydrogens (primary N) is 1. The molecular formula is C15H19ClN2. The molecule has 3 heteroatoms. The van der Waals surface area contributed by atoms with Gasteiger partial charge in [0.05, 0.1) is 10.5 Å². The smallest absolute Gasteiger partial charge is 0.0749 e. The van der Waals surface area contributed by atoms with E-state index in [1.165, 1.54) is 5.56 Å². The minimum Gasteiger partial charge on any atom is -0.325 e. The molecule has 0 bridgehead atoms. The largest absolute Gasteiger partial charge is 0.325 e. The number of rotatable bonds is 2. The molecule has 0 aliphatic heterocycles. The summed E-state index contributed by atoms with van der Waals surface area (Å²) in [6, 6.07) is 6.16. The van der Waals surface area contributed by atoms with Crippen LogP contribution in [0.25, 0.3) is 10.9 Å². The van der Waals surface area contributed by atoms with Crippen molar-refractivity contribution in [2.24, 2.45) is 5.73 Å². The van der Waals surface area contributed by atoms with Crippen LogP contribution in [0.2, 0.25) is 5.02 Å². The first kappa shape index (κ1) is 13.3. The van der Waals surface area contributed by atoms with E-state index < -0.39 is 0 Å². The molecule has 2 rings (SSSR count). The van der Waals surface area contributed by atoms with E-state index in [9.17, 15) is 0 Å². The third kappa shape index (κ3) is 2.82. The van der Waals surface area contributed by atoms with Gasteiger partial charge in [-0.25, -0.2) is 0 Å². The van der Waals surface area contributed by atoms with Gasteiger partial charge in [0, 0.05) is 16.6 Å². The lowest BCUT2D eigenvalue weighted by atomic mass is 9.94. The van der Waals surface area contributed by atoms with Crippen molar-refractivity contribution in [3.63, 3.8) is 0 Å². The Kier molecular flexibility index (Phi) is 3.35. The molecule has 0 spiro atoms. The van der Waals surface area contributed by atoms with Gasteiger partial charge in [-0.3, -0.25) is 4.98 Å². The van der Waals surface area contributed by atoms with Crippen LogP contribution in [-0.4, -0.2) is 10.5 Å². The zero-order valence-corrected chi connectivity index (χ0v) is 12.1. The topological polar surface area (TPSA) is 38.9 Å². The van der Waals surface area contributed by atoms with Crippen LogP contribution in [0.4, 0.5) is 0 Å². The van der Waals surface area contributed by atoms with Crippen LogP contribution >= 0.6 is 11.6 Å². The second kappa shape index (κ2) is 4.52. The molecule has 1 aromatic heterocycles. The molecule has 0 saturated carbocycles. The van der Waals surface area contributed by atoms with E-state index in [-0.39, 0.29) is 5.54 Å². The van der Waals surface area contributed by atoms with E-state index in [4.69, 9.17) is 17.3 Å². The lowest BCUT2D eigenvalue weighted by molar-refractivity contribution is 0.517. The molecule has 0 atom stereocenters. The molecule has 0 saturated heterocycles. The van der Waals surface area contributed by atoms with Crippen molar-refractivity contribution in [1.29, 1.82) is 0 Å².